The zero-order valence-electron chi connectivity index (χ0n) is 9.47. The SMILES string of the molecule is COCOCc1ccc(C(C)C(N)=O)nc1. The molecule has 5 heteroatoms. The van der Waals surface area contributed by atoms with E-state index in [0.29, 0.717) is 12.3 Å². The highest BCUT2D eigenvalue weighted by Crippen LogP contribution is 2.12. The predicted octanol–water partition coefficient (Wildman–Crippen LogP) is 0.791. The van der Waals surface area contributed by atoms with Gasteiger partial charge in [0.25, 0.3) is 0 Å². The Morgan fingerprint density at radius 1 is 1.56 bits per heavy atom. The average Bonchev–Trinajstić information content (AvgIpc) is 2.29. The van der Waals surface area contributed by atoms with E-state index in [0.717, 1.165) is 5.56 Å². The highest BCUT2D eigenvalue weighted by Gasteiger charge is 2.12. The zero-order chi connectivity index (χ0) is 12.0. The lowest BCUT2D eigenvalue weighted by atomic mass is 10.1. The number of carbonyl (C=O) groups excluding carboxylic acids is 1. The Balaban J connectivity index is 2.57. The number of ether oxygens (including phenoxy) is 2. The molecule has 16 heavy (non-hydrogen) atoms. The summed E-state index contributed by atoms with van der Waals surface area (Å²) in [6.07, 6.45) is 1.67. The van der Waals surface area contributed by atoms with Crippen LogP contribution >= 0.6 is 0 Å². The van der Waals surface area contributed by atoms with Crippen LogP contribution in [0.25, 0.3) is 0 Å². The molecule has 1 aromatic heterocycles. The van der Waals surface area contributed by atoms with Gasteiger partial charge in [0.15, 0.2) is 0 Å². The number of nitrogens with two attached hydrogens (primary N) is 1. The number of methoxy groups -OCH3 is 1. The van der Waals surface area contributed by atoms with Crippen molar-refractivity contribution in [1.82, 2.24) is 4.98 Å². The monoisotopic (exact) mass is 224 g/mol. The molecule has 0 aliphatic carbocycles. The third kappa shape index (κ3) is 3.60. The summed E-state index contributed by atoms with van der Waals surface area (Å²) < 4.78 is 9.92. The first-order chi connectivity index (χ1) is 7.65. The molecule has 1 heterocycles. The van der Waals surface area contributed by atoms with E-state index in [-0.39, 0.29) is 18.6 Å². The molecule has 0 bridgehead atoms. The molecule has 0 radical (unpaired) electrons. The van der Waals surface area contributed by atoms with Gasteiger partial charge < -0.3 is 15.2 Å². The van der Waals surface area contributed by atoms with E-state index in [1.165, 1.54) is 0 Å². The van der Waals surface area contributed by atoms with E-state index >= 15 is 0 Å². The van der Waals surface area contributed by atoms with Crippen LogP contribution in [0.1, 0.15) is 24.1 Å². The molecule has 1 aromatic rings. The molecule has 2 N–H and O–H groups in total. The molecule has 0 aliphatic rings. The Morgan fingerprint density at radius 2 is 2.31 bits per heavy atom. The summed E-state index contributed by atoms with van der Waals surface area (Å²) >= 11 is 0. The van der Waals surface area contributed by atoms with Crippen LogP contribution in [-0.4, -0.2) is 24.8 Å². The molecule has 1 rings (SSSR count). The van der Waals surface area contributed by atoms with Crippen LogP contribution in [0.2, 0.25) is 0 Å². The molecule has 1 amide bonds. The summed E-state index contributed by atoms with van der Waals surface area (Å²) in [5, 5.41) is 0. The van der Waals surface area contributed by atoms with E-state index < -0.39 is 0 Å². The van der Waals surface area contributed by atoms with Gasteiger partial charge in [0.05, 0.1) is 18.2 Å². The molecular weight excluding hydrogens is 208 g/mol. The highest BCUT2D eigenvalue weighted by molar-refractivity contribution is 5.80. The van der Waals surface area contributed by atoms with Crippen molar-refractivity contribution in [3.8, 4) is 0 Å². The molecular formula is C11H16N2O3. The van der Waals surface area contributed by atoms with Gasteiger partial charge in [-0.25, -0.2) is 0 Å². The van der Waals surface area contributed by atoms with Gasteiger partial charge in [-0.3, -0.25) is 9.78 Å². The van der Waals surface area contributed by atoms with Crippen molar-refractivity contribution < 1.29 is 14.3 Å². The number of carbonyl (C=O) groups is 1. The maximum atomic E-state index is 10.9. The van der Waals surface area contributed by atoms with Crippen LogP contribution in [0.4, 0.5) is 0 Å². The van der Waals surface area contributed by atoms with E-state index in [2.05, 4.69) is 4.98 Å². The quantitative estimate of drug-likeness (QED) is 0.572. The van der Waals surface area contributed by atoms with Crippen LogP contribution in [0, 0.1) is 0 Å². The van der Waals surface area contributed by atoms with Crippen molar-refractivity contribution >= 4 is 5.91 Å². The number of hydrogen-bond donors (Lipinski definition) is 1. The van der Waals surface area contributed by atoms with Crippen LogP contribution in [0.15, 0.2) is 18.3 Å². The normalized spacial score (nSPS) is 12.4. The van der Waals surface area contributed by atoms with E-state index in [1.807, 2.05) is 6.07 Å². The minimum absolute atomic E-state index is 0.249. The molecule has 0 saturated heterocycles. The number of pyridine rings is 1. The third-order valence-electron chi connectivity index (χ3n) is 2.19. The molecule has 88 valence electrons. The molecule has 1 unspecified atom stereocenters. The van der Waals surface area contributed by atoms with Crippen molar-refractivity contribution in [3.63, 3.8) is 0 Å². The van der Waals surface area contributed by atoms with Crippen LogP contribution in [0.5, 0.6) is 0 Å². The number of amides is 1. The second-order valence-electron chi connectivity index (χ2n) is 3.47. The summed E-state index contributed by atoms with van der Waals surface area (Å²) in [6, 6.07) is 3.64. The molecule has 0 aliphatic heterocycles. The lowest BCUT2D eigenvalue weighted by Gasteiger charge is -2.07. The summed E-state index contributed by atoms with van der Waals surface area (Å²) in [4.78, 5) is 15.1. The Bertz CT molecular complexity index is 338. The Hall–Kier alpha value is -1.46. The topological polar surface area (TPSA) is 74.4 Å². The lowest BCUT2D eigenvalue weighted by molar-refractivity contribution is -0.119. The van der Waals surface area contributed by atoms with Gasteiger partial charge in [0, 0.05) is 13.3 Å². The summed E-state index contributed by atoms with van der Waals surface area (Å²) in [7, 11) is 1.57. The maximum Gasteiger partial charge on any atom is 0.226 e. The Kier molecular flexibility index (Phi) is 4.88. The molecule has 0 fully saturated rings. The number of aromatic nitrogens is 1. The number of rotatable bonds is 6. The smallest absolute Gasteiger partial charge is 0.226 e. The first kappa shape index (κ1) is 12.6. The first-order valence-electron chi connectivity index (χ1n) is 4.96. The van der Waals surface area contributed by atoms with E-state index in [9.17, 15) is 4.79 Å². The van der Waals surface area contributed by atoms with Crippen molar-refractivity contribution in [2.45, 2.75) is 19.4 Å². The summed E-state index contributed by atoms with van der Waals surface area (Å²) in [5.41, 5.74) is 6.78. The first-order valence-corrected chi connectivity index (χ1v) is 4.96. The Morgan fingerprint density at radius 3 is 2.81 bits per heavy atom. The van der Waals surface area contributed by atoms with Crippen molar-refractivity contribution in [3.05, 3.63) is 29.6 Å². The van der Waals surface area contributed by atoms with Gasteiger partial charge in [0.2, 0.25) is 5.91 Å². The molecule has 0 spiro atoms. The second kappa shape index (κ2) is 6.19. The standard InChI is InChI=1S/C11H16N2O3/c1-8(11(12)14)10-4-3-9(5-13-10)6-16-7-15-2/h3-5,8H,6-7H2,1-2H3,(H2,12,14). The fraction of sp³-hybridized carbons (Fsp3) is 0.455. The van der Waals surface area contributed by atoms with Gasteiger partial charge in [-0.2, -0.15) is 0 Å². The van der Waals surface area contributed by atoms with Gasteiger partial charge in [-0.05, 0) is 18.6 Å². The average molecular weight is 224 g/mol. The Labute approximate surface area is 94.6 Å². The highest BCUT2D eigenvalue weighted by atomic mass is 16.7. The molecule has 5 nitrogen and oxygen atoms in total. The van der Waals surface area contributed by atoms with Crippen molar-refractivity contribution in [2.75, 3.05) is 13.9 Å². The van der Waals surface area contributed by atoms with E-state index in [1.54, 1.807) is 26.3 Å². The van der Waals surface area contributed by atoms with Gasteiger partial charge in [0.1, 0.15) is 6.79 Å². The maximum absolute atomic E-state index is 10.9. The largest absolute Gasteiger partial charge is 0.369 e. The minimum atomic E-state index is -0.379. The van der Waals surface area contributed by atoms with E-state index in [4.69, 9.17) is 15.2 Å². The molecule has 0 saturated carbocycles. The fourth-order valence-electron chi connectivity index (χ4n) is 1.17. The van der Waals surface area contributed by atoms with Crippen molar-refractivity contribution in [1.29, 1.82) is 0 Å². The minimum Gasteiger partial charge on any atom is -0.369 e. The number of primary amides is 1. The van der Waals surface area contributed by atoms with Gasteiger partial charge >= 0.3 is 0 Å². The van der Waals surface area contributed by atoms with Gasteiger partial charge in [-0.15, -0.1) is 0 Å². The fourth-order valence-corrected chi connectivity index (χ4v) is 1.17. The third-order valence-corrected chi connectivity index (χ3v) is 2.19. The van der Waals surface area contributed by atoms with Crippen molar-refractivity contribution in [2.24, 2.45) is 5.73 Å². The molecule has 1 atom stereocenters. The number of nitrogens with zero attached hydrogens (tertiary/aromatic N) is 1. The zero-order valence-corrected chi connectivity index (χ0v) is 9.47. The summed E-state index contributed by atoms with van der Waals surface area (Å²) in [5.74, 6) is -0.746. The second-order valence-corrected chi connectivity index (χ2v) is 3.47. The van der Waals surface area contributed by atoms with Crippen LogP contribution < -0.4 is 5.73 Å². The number of hydrogen-bond acceptors (Lipinski definition) is 4. The van der Waals surface area contributed by atoms with Crippen LogP contribution in [-0.2, 0) is 20.9 Å². The van der Waals surface area contributed by atoms with Gasteiger partial charge in [-0.1, -0.05) is 6.07 Å². The summed E-state index contributed by atoms with van der Waals surface area (Å²) in [6.45, 7) is 2.41. The predicted molar refractivity (Wildman–Crippen MR) is 58.5 cm³/mol. The lowest BCUT2D eigenvalue weighted by Crippen LogP contribution is -2.19. The van der Waals surface area contributed by atoms with Crippen LogP contribution in [0.3, 0.4) is 0 Å². The molecule has 0 aromatic carbocycles.